The highest BCUT2D eigenvalue weighted by Crippen LogP contribution is 2.12. The van der Waals surface area contributed by atoms with Crippen LogP contribution in [0.5, 0.6) is 0 Å². The number of hydrogen-bond acceptors (Lipinski definition) is 2. The molecule has 1 aromatic carbocycles. The third-order valence-corrected chi connectivity index (χ3v) is 3.29. The minimum atomic E-state index is -0.0445. The second-order valence-corrected chi connectivity index (χ2v) is 4.84. The predicted molar refractivity (Wildman–Crippen MR) is 76.1 cm³/mol. The van der Waals surface area contributed by atoms with Gasteiger partial charge in [-0.3, -0.25) is 4.79 Å². The number of rotatable bonds is 5. The van der Waals surface area contributed by atoms with E-state index >= 15 is 0 Å². The van der Waals surface area contributed by atoms with E-state index in [1.807, 2.05) is 30.3 Å². The van der Waals surface area contributed by atoms with Gasteiger partial charge in [-0.2, -0.15) is 0 Å². The molecular formula is C15H18ClNO2. The highest BCUT2D eigenvalue weighted by Gasteiger charge is 2.15. The second-order valence-electron chi connectivity index (χ2n) is 4.57. The lowest BCUT2D eigenvalue weighted by molar-refractivity contribution is -0.128. The average molecular weight is 280 g/mol. The standard InChI is InChI=1S/C15H18ClNO2/c16-9-15(18)17(10-13-5-2-1-3-6-13)11-14-7-4-8-19-12-14/h1-3,5-7H,4,8-12H2. The maximum atomic E-state index is 11.9. The van der Waals surface area contributed by atoms with E-state index in [-0.39, 0.29) is 11.8 Å². The van der Waals surface area contributed by atoms with Crippen molar-refractivity contribution in [2.75, 3.05) is 25.6 Å². The molecule has 1 aromatic rings. The number of carbonyl (C=O) groups is 1. The molecule has 0 aromatic heterocycles. The Labute approximate surface area is 118 Å². The molecule has 102 valence electrons. The summed E-state index contributed by atoms with van der Waals surface area (Å²) < 4.78 is 5.41. The second kappa shape index (κ2) is 7.31. The molecule has 1 aliphatic heterocycles. The lowest BCUT2D eigenvalue weighted by Gasteiger charge is -2.25. The van der Waals surface area contributed by atoms with E-state index in [9.17, 15) is 4.79 Å². The summed E-state index contributed by atoms with van der Waals surface area (Å²) in [5, 5.41) is 0. The lowest BCUT2D eigenvalue weighted by atomic mass is 10.1. The third kappa shape index (κ3) is 4.37. The maximum Gasteiger partial charge on any atom is 0.238 e. The zero-order valence-electron chi connectivity index (χ0n) is 10.8. The van der Waals surface area contributed by atoms with Crippen molar-refractivity contribution >= 4 is 17.5 Å². The first-order chi connectivity index (χ1) is 9.29. The summed E-state index contributed by atoms with van der Waals surface area (Å²) in [6, 6.07) is 9.94. The molecule has 0 bridgehead atoms. The Bertz CT molecular complexity index is 445. The highest BCUT2D eigenvalue weighted by atomic mass is 35.5. The van der Waals surface area contributed by atoms with E-state index in [1.165, 1.54) is 0 Å². The summed E-state index contributed by atoms with van der Waals surface area (Å²) in [6.45, 7) is 2.57. The topological polar surface area (TPSA) is 29.5 Å². The van der Waals surface area contributed by atoms with E-state index in [2.05, 4.69) is 6.08 Å². The summed E-state index contributed by atoms with van der Waals surface area (Å²) in [5.74, 6) is -0.0296. The van der Waals surface area contributed by atoms with Gasteiger partial charge in [0.05, 0.1) is 13.2 Å². The predicted octanol–water partition coefficient (Wildman–Crippen LogP) is 2.60. The number of benzene rings is 1. The van der Waals surface area contributed by atoms with Crippen molar-refractivity contribution in [3.8, 4) is 0 Å². The van der Waals surface area contributed by atoms with Crippen LogP contribution in [0.1, 0.15) is 12.0 Å². The Morgan fingerprint density at radius 3 is 2.68 bits per heavy atom. The summed E-state index contributed by atoms with van der Waals surface area (Å²) in [6.07, 6.45) is 3.08. The molecule has 0 unspecified atom stereocenters. The minimum absolute atomic E-state index is 0.0149. The van der Waals surface area contributed by atoms with E-state index in [0.717, 1.165) is 24.2 Å². The van der Waals surface area contributed by atoms with Gasteiger partial charge in [0.1, 0.15) is 5.88 Å². The van der Waals surface area contributed by atoms with Crippen molar-refractivity contribution in [1.29, 1.82) is 0 Å². The molecule has 1 aliphatic rings. The first-order valence-corrected chi connectivity index (χ1v) is 6.96. The summed E-state index contributed by atoms with van der Waals surface area (Å²) in [7, 11) is 0. The van der Waals surface area contributed by atoms with E-state index in [1.54, 1.807) is 4.90 Å². The Morgan fingerprint density at radius 1 is 1.26 bits per heavy atom. The van der Waals surface area contributed by atoms with Crippen molar-refractivity contribution in [2.45, 2.75) is 13.0 Å². The Balaban J connectivity index is 2.03. The van der Waals surface area contributed by atoms with Crippen LogP contribution >= 0.6 is 11.6 Å². The Kier molecular flexibility index (Phi) is 5.43. The molecule has 0 saturated heterocycles. The molecule has 1 heterocycles. The van der Waals surface area contributed by atoms with Crippen molar-refractivity contribution < 1.29 is 9.53 Å². The molecule has 19 heavy (non-hydrogen) atoms. The molecule has 0 spiro atoms. The number of halogens is 1. The van der Waals surface area contributed by atoms with Gasteiger partial charge < -0.3 is 9.64 Å². The lowest BCUT2D eigenvalue weighted by Crippen LogP contribution is -2.34. The van der Waals surface area contributed by atoms with Crippen LogP contribution in [0.4, 0.5) is 0 Å². The van der Waals surface area contributed by atoms with Crippen LogP contribution in [0, 0.1) is 0 Å². The molecule has 3 nitrogen and oxygen atoms in total. The van der Waals surface area contributed by atoms with E-state index in [4.69, 9.17) is 16.3 Å². The summed E-state index contributed by atoms with van der Waals surface area (Å²) in [5.41, 5.74) is 2.26. The summed E-state index contributed by atoms with van der Waals surface area (Å²) in [4.78, 5) is 13.7. The van der Waals surface area contributed by atoms with Gasteiger partial charge in [0.25, 0.3) is 0 Å². The van der Waals surface area contributed by atoms with Crippen molar-refractivity contribution in [3.63, 3.8) is 0 Å². The van der Waals surface area contributed by atoms with Gasteiger partial charge in [-0.05, 0) is 17.6 Å². The molecule has 0 fully saturated rings. The van der Waals surface area contributed by atoms with Gasteiger partial charge in [0.2, 0.25) is 5.91 Å². The molecule has 0 N–H and O–H groups in total. The molecule has 1 amide bonds. The van der Waals surface area contributed by atoms with Crippen LogP contribution in [0.2, 0.25) is 0 Å². The van der Waals surface area contributed by atoms with Gasteiger partial charge in [-0.15, -0.1) is 11.6 Å². The van der Waals surface area contributed by atoms with Crippen LogP contribution in [-0.4, -0.2) is 36.4 Å². The number of ether oxygens (including phenoxy) is 1. The molecule has 0 saturated carbocycles. The van der Waals surface area contributed by atoms with Gasteiger partial charge in [0, 0.05) is 13.1 Å². The largest absolute Gasteiger partial charge is 0.377 e. The zero-order valence-corrected chi connectivity index (χ0v) is 11.6. The average Bonchev–Trinajstić information content (AvgIpc) is 2.48. The van der Waals surface area contributed by atoms with Crippen molar-refractivity contribution in [2.24, 2.45) is 0 Å². The monoisotopic (exact) mass is 279 g/mol. The molecule has 0 aliphatic carbocycles. The number of alkyl halides is 1. The van der Waals surface area contributed by atoms with Gasteiger partial charge >= 0.3 is 0 Å². The molecule has 4 heteroatoms. The SMILES string of the molecule is O=C(CCl)N(CC1=CCCOC1)Cc1ccccc1. The number of carbonyl (C=O) groups excluding carboxylic acids is 1. The van der Waals surface area contributed by atoms with Gasteiger partial charge in [0.15, 0.2) is 0 Å². The molecule has 0 radical (unpaired) electrons. The van der Waals surface area contributed by atoms with Crippen LogP contribution in [0.3, 0.4) is 0 Å². The fourth-order valence-corrected chi connectivity index (χ4v) is 2.25. The van der Waals surface area contributed by atoms with Crippen LogP contribution in [0.15, 0.2) is 42.0 Å². The molecular weight excluding hydrogens is 262 g/mol. The van der Waals surface area contributed by atoms with Gasteiger partial charge in [-0.1, -0.05) is 36.4 Å². The van der Waals surface area contributed by atoms with Crippen LogP contribution in [0.25, 0.3) is 0 Å². The van der Waals surface area contributed by atoms with Crippen LogP contribution in [-0.2, 0) is 16.1 Å². The normalized spacial score (nSPS) is 14.9. The highest BCUT2D eigenvalue weighted by molar-refractivity contribution is 6.27. The first kappa shape index (κ1) is 14.1. The molecule has 0 atom stereocenters. The maximum absolute atomic E-state index is 11.9. The number of amides is 1. The Hall–Kier alpha value is -1.32. The van der Waals surface area contributed by atoms with Gasteiger partial charge in [-0.25, -0.2) is 0 Å². The first-order valence-electron chi connectivity index (χ1n) is 6.43. The smallest absolute Gasteiger partial charge is 0.238 e. The number of nitrogens with zero attached hydrogens (tertiary/aromatic N) is 1. The fraction of sp³-hybridized carbons (Fsp3) is 0.400. The fourth-order valence-electron chi connectivity index (χ4n) is 2.08. The molecule has 2 rings (SSSR count). The van der Waals surface area contributed by atoms with E-state index < -0.39 is 0 Å². The van der Waals surface area contributed by atoms with Crippen molar-refractivity contribution in [3.05, 3.63) is 47.5 Å². The Morgan fingerprint density at radius 2 is 2.05 bits per heavy atom. The number of hydrogen-bond donors (Lipinski definition) is 0. The summed E-state index contributed by atoms with van der Waals surface area (Å²) >= 11 is 5.69. The van der Waals surface area contributed by atoms with Crippen molar-refractivity contribution in [1.82, 2.24) is 4.90 Å². The van der Waals surface area contributed by atoms with Crippen LogP contribution < -0.4 is 0 Å². The zero-order chi connectivity index (χ0) is 13.5. The van der Waals surface area contributed by atoms with E-state index in [0.29, 0.717) is 19.7 Å². The minimum Gasteiger partial charge on any atom is -0.377 e. The third-order valence-electron chi connectivity index (χ3n) is 3.06. The quantitative estimate of drug-likeness (QED) is 0.612.